The number of hydrogen-bond acceptors (Lipinski definition) is 9. The highest BCUT2D eigenvalue weighted by atomic mass is 16.6. The van der Waals surface area contributed by atoms with Gasteiger partial charge in [-0.25, -0.2) is 14.4 Å². The van der Waals surface area contributed by atoms with Crippen LogP contribution in [0.3, 0.4) is 0 Å². The lowest BCUT2D eigenvalue weighted by atomic mass is 10.1. The summed E-state index contributed by atoms with van der Waals surface area (Å²) in [6.45, 7) is 13.0. The van der Waals surface area contributed by atoms with Crippen molar-refractivity contribution >= 4 is 30.1 Å². The summed E-state index contributed by atoms with van der Waals surface area (Å²) >= 11 is 0. The van der Waals surface area contributed by atoms with Crippen molar-refractivity contribution in [3.05, 3.63) is 35.9 Å². The maximum atomic E-state index is 12.4. The molecule has 3 rings (SSSR count). The van der Waals surface area contributed by atoms with Crippen LogP contribution >= 0.6 is 0 Å². The first-order valence-electron chi connectivity index (χ1n) is 14.6. The number of nitrogens with one attached hydrogen (secondary N) is 3. The Balaban J connectivity index is 0.000000342. The molecule has 5 amide bonds. The molecule has 246 valence electrons. The molecule has 0 spiro atoms. The standard InChI is InChI=1S/C19H27N3O5.C11H21N3O3/c1-19(2,3)27-18(25)22-11-10-21(12-15(22)16(23)20-4)17(24)26-13-14-8-6-5-7-9-14;1-11(2,3)17-10(16)14-6-5-13-7-8(14)9(15)12-4/h5-9,15H,10-13H2,1-4H3,(H,20,23);8,13H,5-7H2,1-4H3,(H,12,15). The van der Waals surface area contributed by atoms with E-state index in [1.54, 1.807) is 27.8 Å². The van der Waals surface area contributed by atoms with E-state index in [1.807, 2.05) is 51.1 Å². The predicted octanol–water partition coefficient (Wildman–Crippen LogP) is 1.93. The highest BCUT2D eigenvalue weighted by molar-refractivity contribution is 5.87. The van der Waals surface area contributed by atoms with Gasteiger partial charge < -0.3 is 35.1 Å². The molecule has 0 bridgehead atoms. The molecule has 2 aliphatic heterocycles. The Hall–Kier alpha value is -4.07. The molecular formula is C30H48N6O8. The molecule has 2 heterocycles. The number of carbonyl (C=O) groups is 5. The van der Waals surface area contributed by atoms with Crippen molar-refractivity contribution in [1.29, 1.82) is 0 Å². The van der Waals surface area contributed by atoms with Crippen LogP contribution in [0.25, 0.3) is 0 Å². The highest BCUT2D eigenvalue weighted by Crippen LogP contribution is 2.17. The van der Waals surface area contributed by atoms with Crippen LogP contribution in [0.1, 0.15) is 47.1 Å². The quantitative estimate of drug-likeness (QED) is 0.428. The van der Waals surface area contributed by atoms with Crippen molar-refractivity contribution in [2.45, 2.75) is 71.4 Å². The molecule has 1 aromatic rings. The van der Waals surface area contributed by atoms with Crippen LogP contribution in [-0.4, -0.2) is 121 Å². The van der Waals surface area contributed by atoms with E-state index in [4.69, 9.17) is 14.2 Å². The van der Waals surface area contributed by atoms with E-state index < -0.39 is 41.6 Å². The second kappa shape index (κ2) is 16.1. The molecule has 1 aromatic carbocycles. The molecule has 2 fully saturated rings. The predicted molar refractivity (Wildman–Crippen MR) is 163 cm³/mol. The second-order valence-corrected chi connectivity index (χ2v) is 12.3. The van der Waals surface area contributed by atoms with E-state index >= 15 is 0 Å². The Morgan fingerprint density at radius 1 is 0.773 bits per heavy atom. The van der Waals surface area contributed by atoms with Crippen LogP contribution in [0.15, 0.2) is 30.3 Å². The van der Waals surface area contributed by atoms with Crippen LogP contribution in [0.2, 0.25) is 0 Å². The molecule has 2 saturated heterocycles. The normalized spacial score (nSPS) is 18.7. The van der Waals surface area contributed by atoms with E-state index in [2.05, 4.69) is 16.0 Å². The van der Waals surface area contributed by atoms with Crippen molar-refractivity contribution < 1.29 is 38.2 Å². The van der Waals surface area contributed by atoms with Crippen molar-refractivity contribution in [1.82, 2.24) is 30.7 Å². The van der Waals surface area contributed by atoms with Crippen LogP contribution in [0.4, 0.5) is 14.4 Å². The lowest BCUT2D eigenvalue weighted by Crippen LogP contribution is -2.61. The largest absolute Gasteiger partial charge is 0.445 e. The molecule has 14 nitrogen and oxygen atoms in total. The molecule has 0 aliphatic carbocycles. The SMILES string of the molecule is CNC(=O)C1CN(C(=O)OCc2ccccc2)CCN1C(=O)OC(C)(C)C.CNC(=O)C1CNCCN1C(=O)OC(C)(C)C. The summed E-state index contributed by atoms with van der Waals surface area (Å²) in [6.07, 6.45) is -1.53. The number of benzene rings is 1. The van der Waals surface area contributed by atoms with Gasteiger partial charge in [0, 0.05) is 46.8 Å². The number of nitrogens with zero attached hydrogens (tertiary/aromatic N) is 3. The second-order valence-electron chi connectivity index (χ2n) is 12.3. The van der Waals surface area contributed by atoms with Gasteiger partial charge in [-0.3, -0.25) is 19.4 Å². The molecule has 0 radical (unpaired) electrons. The van der Waals surface area contributed by atoms with Gasteiger partial charge in [0.05, 0.1) is 6.54 Å². The van der Waals surface area contributed by atoms with Gasteiger partial charge >= 0.3 is 18.3 Å². The minimum Gasteiger partial charge on any atom is -0.445 e. The molecule has 14 heteroatoms. The fourth-order valence-electron chi connectivity index (χ4n) is 4.33. The molecule has 2 aliphatic rings. The van der Waals surface area contributed by atoms with E-state index in [9.17, 15) is 24.0 Å². The van der Waals surface area contributed by atoms with E-state index in [1.165, 1.54) is 21.7 Å². The number of carbonyl (C=O) groups excluding carboxylic acids is 5. The molecular weight excluding hydrogens is 572 g/mol. The number of hydrogen-bond donors (Lipinski definition) is 3. The van der Waals surface area contributed by atoms with Gasteiger partial charge in [-0.2, -0.15) is 0 Å². The number of piperazine rings is 2. The number of likely N-dealkylation sites (N-methyl/N-ethyl adjacent to an activating group) is 2. The van der Waals surface area contributed by atoms with Crippen molar-refractivity contribution in [3.63, 3.8) is 0 Å². The maximum absolute atomic E-state index is 12.4. The Morgan fingerprint density at radius 2 is 1.30 bits per heavy atom. The Labute approximate surface area is 259 Å². The third-order valence-electron chi connectivity index (χ3n) is 6.44. The van der Waals surface area contributed by atoms with Gasteiger partial charge in [0.1, 0.15) is 29.9 Å². The first-order valence-corrected chi connectivity index (χ1v) is 14.6. The van der Waals surface area contributed by atoms with E-state index in [0.29, 0.717) is 19.6 Å². The third kappa shape index (κ3) is 11.5. The monoisotopic (exact) mass is 620 g/mol. The van der Waals surface area contributed by atoms with Crippen LogP contribution in [-0.2, 0) is 30.4 Å². The van der Waals surface area contributed by atoms with Crippen LogP contribution in [0.5, 0.6) is 0 Å². The summed E-state index contributed by atoms with van der Waals surface area (Å²) in [7, 11) is 3.05. The minimum absolute atomic E-state index is 0.0482. The summed E-state index contributed by atoms with van der Waals surface area (Å²) in [5.41, 5.74) is -0.341. The molecule has 0 saturated carbocycles. The summed E-state index contributed by atoms with van der Waals surface area (Å²) in [6, 6.07) is 8.01. The number of ether oxygens (including phenoxy) is 3. The van der Waals surface area contributed by atoms with Gasteiger partial charge in [0.2, 0.25) is 11.8 Å². The van der Waals surface area contributed by atoms with Crippen molar-refractivity contribution in [2.24, 2.45) is 0 Å². The fourth-order valence-corrected chi connectivity index (χ4v) is 4.33. The first kappa shape index (κ1) is 36.1. The summed E-state index contributed by atoms with van der Waals surface area (Å²) in [5, 5.41) is 8.17. The first-order chi connectivity index (χ1) is 20.6. The Morgan fingerprint density at radius 3 is 1.82 bits per heavy atom. The van der Waals surface area contributed by atoms with Gasteiger partial charge in [-0.1, -0.05) is 30.3 Å². The van der Waals surface area contributed by atoms with Crippen LogP contribution < -0.4 is 16.0 Å². The summed E-state index contributed by atoms with van der Waals surface area (Å²) in [4.78, 5) is 64.9. The fraction of sp³-hybridized carbons (Fsp3) is 0.633. The average Bonchev–Trinajstić information content (AvgIpc) is 2.97. The lowest BCUT2D eigenvalue weighted by molar-refractivity contribution is -0.128. The number of rotatable bonds is 4. The molecule has 2 atom stereocenters. The lowest BCUT2D eigenvalue weighted by Gasteiger charge is -2.40. The maximum Gasteiger partial charge on any atom is 0.411 e. The zero-order valence-corrected chi connectivity index (χ0v) is 27.1. The van der Waals surface area contributed by atoms with E-state index in [-0.39, 0.29) is 38.1 Å². The van der Waals surface area contributed by atoms with Gasteiger partial charge in [0.15, 0.2) is 0 Å². The smallest absolute Gasteiger partial charge is 0.411 e. The van der Waals surface area contributed by atoms with Crippen LogP contribution in [0, 0.1) is 0 Å². The Kier molecular flexibility index (Phi) is 13.2. The molecule has 0 aromatic heterocycles. The van der Waals surface area contributed by atoms with Gasteiger partial charge in [0.25, 0.3) is 0 Å². The molecule has 44 heavy (non-hydrogen) atoms. The van der Waals surface area contributed by atoms with Gasteiger partial charge in [-0.15, -0.1) is 0 Å². The average molecular weight is 621 g/mol. The summed E-state index contributed by atoms with van der Waals surface area (Å²) < 4.78 is 16.0. The highest BCUT2D eigenvalue weighted by Gasteiger charge is 2.39. The summed E-state index contributed by atoms with van der Waals surface area (Å²) in [5.74, 6) is -0.538. The van der Waals surface area contributed by atoms with E-state index in [0.717, 1.165) is 5.56 Å². The third-order valence-corrected chi connectivity index (χ3v) is 6.44. The number of amides is 5. The minimum atomic E-state index is -0.831. The zero-order valence-electron chi connectivity index (χ0n) is 27.1. The van der Waals surface area contributed by atoms with Crippen molar-refractivity contribution in [2.75, 3.05) is 53.4 Å². The van der Waals surface area contributed by atoms with Crippen molar-refractivity contribution in [3.8, 4) is 0 Å². The zero-order chi connectivity index (χ0) is 33.1. The van der Waals surface area contributed by atoms with Gasteiger partial charge in [-0.05, 0) is 47.1 Å². The molecule has 2 unspecified atom stereocenters. The Bertz CT molecular complexity index is 1130. The molecule has 3 N–H and O–H groups in total. The topological polar surface area (TPSA) is 159 Å².